The highest BCUT2D eigenvalue weighted by molar-refractivity contribution is 5.92. The number of carbonyl (C=O) groups excluding carboxylic acids is 1. The van der Waals surface area contributed by atoms with Crippen LogP contribution in [0.2, 0.25) is 0 Å². The van der Waals surface area contributed by atoms with E-state index in [9.17, 15) is 4.79 Å². The molecule has 1 aliphatic carbocycles. The summed E-state index contributed by atoms with van der Waals surface area (Å²) in [5, 5.41) is 0. The Morgan fingerprint density at radius 3 is 2.32 bits per heavy atom. The van der Waals surface area contributed by atoms with E-state index < -0.39 is 0 Å². The van der Waals surface area contributed by atoms with Crippen LogP contribution in [-0.2, 0) is 10.2 Å². The van der Waals surface area contributed by atoms with E-state index in [1.165, 1.54) is 0 Å². The Hall–Kier alpha value is -1.55. The van der Waals surface area contributed by atoms with Crippen molar-refractivity contribution in [2.75, 3.05) is 40.5 Å². The minimum absolute atomic E-state index is 0.198. The normalized spacial score (nSPS) is 25.4. The first-order valence-corrected chi connectivity index (χ1v) is 6.60. The summed E-state index contributed by atoms with van der Waals surface area (Å²) in [5.41, 5.74) is 7.22. The molecule has 0 saturated heterocycles. The summed E-state index contributed by atoms with van der Waals surface area (Å²) in [4.78, 5) is 16.4. The monoisotopic (exact) mass is 261 g/mol. The molecule has 1 fully saturated rings. The van der Waals surface area contributed by atoms with Crippen LogP contribution < -0.4 is 5.73 Å². The van der Waals surface area contributed by atoms with Crippen LogP contribution in [0.1, 0.15) is 12.0 Å². The summed E-state index contributed by atoms with van der Waals surface area (Å²) in [7, 11) is 7.75. The van der Waals surface area contributed by atoms with Crippen LogP contribution in [0.3, 0.4) is 0 Å². The number of likely N-dealkylation sites (N-methyl/N-ethyl adjacent to an activating group) is 1. The molecule has 0 unspecified atom stereocenters. The number of nitrogen functional groups attached to an aromatic ring is 1. The minimum Gasteiger partial charge on any atom is -0.399 e. The Labute approximate surface area is 115 Å². The van der Waals surface area contributed by atoms with Gasteiger partial charge in [0.15, 0.2) is 0 Å². The van der Waals surface area contributed by atoms with Crippen molar-refractivity contribution in [2.24, 2.45) is 5.92 Å². The predicted molar refractivity (Wildman–Crippen MR) is 77.9 cm³/mol. The molecule has 0 spiro atoms. The van der Waals surface area contributed by atoms with Gasteiger partial charge in [-0.05, 0) is 44.1 Å². The van der Waals surface area contributed by atoms with E-state index in [1.807, 2.05) is 52.5 Å². The number of nitrogens with zero attached hydrogens (tertiary/aromatic N) is 2. The Bertz CT molecular complexity index is 467. The number of hydrogen-bond donors (Lipinski definition) is 1. The summed E-state index contributed by atoms with van der Waals surface area (Å²) < 4.78 is 0. The molecule has 104 valence electrons. The van der Waals surface area contributed by atoms with Crippen molar-refractivity contribution in [3.8, 4) is 0 Å². The molecule has 0 aromatic heterocycles. The number of benzene rings is 1. The zero-order chi connectivity index (χ0) is 14.2. The Balaban J connectivity index is 2.32. The summed E-state index contributed by atoms with van der Waals surface area (Å²) >= 11 is 0. The van der Waals surface area contributed by atoms with Gasteiger partial charge in [0.1, 0.15) is 0 Å². The number of hydrogen-bond acceptors (Lipinski definition) is 3. The number of rotatable bonds is 4. The molecule has 4 heteroatoms. The lowest BCUT2D eigenvalue weighted by molar-refractivity contribution is -0.131. The number of carbonyl (C=O) groups is 1. The highest BCUT2D eigenvalue weighted by Crippen LogP contribution is 2.55. The maximum atomic E-state index is 12.6. The largest absolute Gasteiger partial charge is 0.399 e. The zero-order valence-corrected chi connectivity index (χ0v) is 12.2. The zero-order valence-electron chi connectivity index (χ0n) is 12.2. The molecule has 0 radical (unpaired) electrons. The Morgan fingerprint density at radius 1 is 1.26 bits per heavy atom. The Kier molecular flexibility index (Phi) is 3.54. The van der Waals surface area contributed by atoms with Crippen LogP contribution in [0, 0.1) is 5.92 Å². The van der Waals surface area contributed by atoms with Gasteiger partial charge in [-0.2, -0.15) is 0 Å². The van der Waals surface area contributed by atoms with Crippen LogP contribution in [-0.4, -0.2) is 50.4 Å². The molecule has 2 atom stereocenters. The van der Waals surface area contributed by atoms with Gasteiger partial charge in [-0.15, -0.1) is 0 Å². The number of anilines is 1. The lowest BCUT2D eigenvalue weighted by Gasteiger charge is -2.23. The molecule has 0 aliphatic heterocycles. The van der Waals surface area contributed by atoms with Crippen LogP contribution in [0.15, 0.2) is 24.3 Å². The third-order valence-electron chi connectivity index (χ3n) is 3.90. The molecule has 0 bridgehead atoms. The molecule has 4 nitrogen and oxygen atoms in total. The maximum Gasteiger partial charge on any atom is 0.233 e. The molecule has 2 rings (SSSR count). The van der Waals surface area contributed by atoms with Gasteiger partial charge in [0.25, 0.3) is 0 Å². The van der Waals surface area contributed by atoms with Gasteiger partial charge in [-0.1, -0.05) is 12.1 Å². The molecular weight excluding hydrogens is 238 g/mol. The van der Waals surface area contributed by atoms with Crippen molar-refractivity contribution in [1.29, 1.82) is 0 Å². The van der Waals surface area contributed by atoms with E-state index in [0.29, 0.717) is 5.92 Å². The lowest BCUT2D eigenvalue weighted by Crippen LogP contribution is -2.36. The van der Waals surface area contributed by atoms with E-state index in [2.05, 4.69) is 4.90 Å². The molecule has 2 N–H and O–H groups in total. The van der Waals surface area contributed by atoms with E-state index >= 15 is 0 Å². The molecule has 1 aliphatic rings. The molecule has 1 saturated carbocycles. The summed E-state index contributed by atoms with van der Waals surface area (Å²) in [6.45, 7) is 0.934. The van der Waals surface area contributed by atoms with E-state index in [4.69, 9.17) is 5.73 Å². The average molecular weight is 261 g/mol. The van der Waals surface area contributed by atoms with Crippen molar-refractivity contribution in [3.63, 3.8) is 0 Å². The maximum absolute atomic E-state index is 12.6. The third-order valence-corrected chi connectivity index (χ3v) is 3.90. The fourth-order valence-corrected chi connectivity index (χ4v) is 2.91. The second-order valence-electron chi connectivity index (χ2n) is 5.96. The molecule has 1 aromatic rings. The molecule has 19 heavy (non-hydrogen) atoms. The van der Waals surface area contributed by atoms with E-state index in [-0.39, 0.29) is 11.3 Å². The summed E-state index contributed by atoms with van der Waals surface area (Å²) in [5.74, 6) is 0.588. The van der Waals surface area contributed by atoms with Crippen molar-refractivity contribution < 1.29 is 4.79 Å². The summed E-state index contributed by atoms with van der Waals surface area (Å²) in [6, 6.07) is 7.74. The molecule has 1 aromatic carbocycles. The quantitative estimate of drug-likeness (QED) is 0.828. The first-order chi connectivity index (χ1) is 8.87. The second-order valence-corrected chi connectivity index (χ2v) is 5.96. The molecule has 0 heterocycles. The minimum atomic E-state index is -0.346. The van der Waals surface area contributed by atoms with Gasteiger partial charge >= 0.3 is 0 Å². The van der Waals surface area contributed by atoms with Crippen molar-refractivity contribution in [3.05, 3.63) is 29.8 Å². The topological polar surface area (TPSA) is 49.6 Å². The van der Waals surface area contributed by atoms with Crippen molar-refractivity contribution in [1.82, 2.24) is 9.80 Å². The highest BCUT2D eigenvalue weighted by Gasteiger charge is 2.61. The number of nitrogens with two attached hydrogens (primary N) is 1. The fraction of sp³-hybridized carbons (Fsp3) is 0.533. The molecular formula is C15H23N3O. The van der Waals surface area contributed by atoms with E-state index in [1.54, 1.807) is 4.90 Å². The number of amides is 1. The fourth-order valence-electron chi connectivity index (χ4n) is 2.91. The highest BCUT2D eigenvalue weighted by atomic mass is 16.2. The van der Waals surface area contributed by atoms with Gasteiger partial charge in [-0.3, -0.25) is 4.79 Å². The Morgan fingerprint density at radius 2 is 1.84 bits per heavy atom. The summed E-state index contributed by atoms with van der Waals surface area (Å²) in [6.07, 6.45) is 0.923. The first kappa shape index (κ1) is 13.9. The average Bonchev–Trinajstić information content (AvgIpc) is 3.03. The van der Waals surface area contributed by atoms with Crippen molar-refractivity contribution >= 4 is 11.6 Å². The van der Waals surface area contributed by atoms with Gasteiger partial charge < -0.3 is 15.5 Å². The first-order valence-electron chi connectivity index (χ1n) is 6.60. The van der Waals surface area contributed by atoms with Crippen LogP contribution in [0.4, 0.5) is 5.69 Å². The van der Waals surface area contributed by atoms with Crippen molar-refractivity contribution in [2.45, 2.75) is 11.8 Å². The van der Waals surface area contributed by atoms with Gasteiger partial charge in [0.05, 0.1) is 5.41 Å². The van der Waals surface area contributed by atoms with Crippen LogP contribution >= 0.6 is 0 Å². The molecule has 1 amide bonds. The van der Waals surface area contributed by atoms with Gasteiger partial charge in [0, 0.05) is 26.3 Å². The lowest BCUT2D eigenvalue weighted by atomic mass is 9.91. The predicted octanol–water partition coefficient (Wildman–Crippen LogP) is 1.18. The van der Waals surface area contributed by atoms with E-state index in [0.717, 1.165) is 24.2 Å². The van der Waals surface area contributed by atoms with Gasteiger partial charge in [0.2, 0.25) is 5.91 Å². The van der Waals surface area contributed by atoms with Gasteiger partial charge in [-0.25, -0.2) is 0 Å². The van der Waals surface area contributed by atoms with Crippen LogP contribution in [0.5, 0.6) is 0 Å². The van der Waals surface area contributed by atoms with Crippen LogP contribution in [0.25, 0.3) is 0 Å². The third kappa shape index (κ3) is 2.45. The smallest absolute Gasteiger partial charge is 0.233 e. The SMILES string of the molecule is CN(C)C[C@H]1C[C@]1(C(=O)N(C)C)c1ccc(N)cc1. The second kappa shape index (κ2) is 4.85. The standard InChI is InChI=1S/C15H23N3O/c1-17(2)10-12-9-15(12,14(19)18(3)4)11-5-7-13(16)8-6-11/h5-8,12H,9-10,16H2,1-4H3/t12-,15+/m1/s1.